The van der Waals surface area contributed by atoms with Crippen LogP contribution in [0.2, 0.25) is 0 Å². The lowest BCUT2D eigenvalue weighted by Crippen LogP contribution is -2.54. The van der Waals surface area contributed by atoms with E-state index >= 15 is 0 Å². The summed E-state index contributed by atoms with van der Waals surface area (Å²) in [5, 5.41) is 11.0. The van der Waals surface area contributed by atoms with Gasteiger partial charge in [0, 0.05) is 44.9 Å². The van der Waals surface area contributed by atoms with Crippen molar-refractivity contribution in [1.29, 1.82) is 0 Å². The Labute approximate surface area is 141 Å². The van der Waals surface area contributed by atoms with Gasteiger partial charge in [0.2, 0.25) is 0 Å². The zero-order chi connectivity index (χ0) is 17.0. The smallest absolute Gasteiger partial charge is 0.255 e. The summed E-state index contributed by atoms with van der Waals surface area (Å²) in [4.78, 5) is 28.4. The van der Waals surface area contributed by atoms with Crippen LogP contribution >= 0.6 is 0 Å². The van der Waals surface area contributed by atoms with Gasteiger partial charge in [-0.2, -0.15) is 0 Å². The fourth-order valence-electron chi connectivity index (χ4n) is 3.11. The molecule has 0 radical (unpaired) electrons. The number of piperidine rings is 1. The van der Waals surface area contributed by atoms with E-state index in [9.17, 15) is 9.90 Å². The number of anilines is 1. The largest absolute Gasteiger partial charge is 0.386 e. The number of carbonyl (C=O) groups is 1. The summed E-state index contributed by atoms with van der Waals surface area (Å²) in [5.41, 5.74) is -0.451. The minimum absolute atomic E-state index is 0.145. The van der Waals surface area contributed by atoms with Crippen molar-refractivity contribution < 1.29 is 9.90 Å². The van der Waals surface area contributed by atoms with Gasteiger partial charge in [-0.1, -0.05) is 0 Å². The Balaban J connectivity index is 1.68. The maximum absolute atomic E-state index is 12.5. The lowest BCUT2D eigenvalue weighted by molar-refractivity contribution is -0.000156. The van der Waals surface area contributed by atoms with Crippen molar-refractivity contribution in [3.63, 3.8) is 0 Å². The number of β-amino-alcohol motifs (C(OH)–C–C–N with tert-alkyl or cyclic N) is 1. The molecule has 1 aliphatic rings. The standard InChI is InChI=1S/C17H21N5O2/c1-21(16(23)14-4-2-6-18-10-14)12-17(24)5-3-9-22(13-17)15-11-19-7-8-20-15/h2,4,6-8,10-11,24H,3,5,9,12-13H2,1H3. The Bertz CT molecular complexity index is 682. The van der Waals surface area contributed by atoms with Gasteiger partial charge in [-0.3, -0.25) is 14.8 Å². The lowest BCUT2D eigenvalue weighted by atomic mass is 9.92. The SMILES string of the molecule is CN(CC1(O)CCCN(c2cnccn2)C1)C(=O)c1cccnc1. The van der Waals surface area contributed by atoms with E-state index in [2.05, 4.69) is 15.0 Å². The third kappa shape index (κ3) is 3.68. The highest BCUT2D eigenvalue weighted by atomic mass is 16.3. The summed E-state index contributed by atoms with van der Waals surface area (Å²) in [7, 11) is 1.70. The molecule has 0 aliphatic carbocycles. The highest BCUT2D eigenvalue weighted by molar-refractivity contribution is 5.93. The topological polar surface area (TPSA) is 82.5 Å². The Kier molecular flexibility index (Phi) is 4.71. The second kappa shape index (κ2) is 6.92. The first kappa shape index (κ1) is 16.3. The fourth-order valence-corrected chi connectivity index (χ4v) is 3.11. The third-order valence-corrected chi connectivity index (χ3v) is 4.22. The van der Waals surface area contributed by atoms with E-state index in [0.29, 0.717) is 18.5 Å². The molecule has 1 unspecified atom stereocenters. The first-order valence-electron chi connectivity index (χ1n) is 7.96. The van der Waals surface area contributed by atoms with Crippen molar-refractivity contribution in [2.24, 2.45) is 0 Å². The molecule has 1 amide bonds. The van der Waals surface area contributed by atoms with Crippen LogP contribution in [0.15, 0.2) is 43.1 Å². The molecule has 0 saturated carbocycles. The van der Waals surface area contributed by atoms with Gasteiger partial charge >= 0.3 is 0 Å². The molecule has 1 saturated heterocycles. The predicted molar refractivity (Wildman–Crippen MR) is 89.6 cm³/mol. The normalized spacial score (nSPS) is 20.7. The minimum Gasteiger partial charge on any atom is -0.386 e. The van der Waals surface area contributed by atoms with Gasteiger partial charge in [0.05, 0.1) is 23.9 Å². The van der Waals surface area contributed by atoms with Crippen molar-refractivity contribution in [2.45, 2.75) is 18.4 Å². The van der Waals surface area contributed by atoms with Crippen molar-refractivity contribution in [3.8, 4) is 0 Å². The molecule has 3 heterocycles. The number of hydrogen-bond donors (Lipinski definition) is 1. The van der Waals surface area contributed by atoms with Crippen molar-refractivity contribution in [3.05, 3.63) is 48.7 Å². The number of aliphatic hydroxyl groups is 1. The minimum atomic E-state index is -0.970. The van der Waals surface area contributed by atoms with Gasteiger partial charge in [0.1, 0.15) is 5.82 Å². The third-order valence-electron chi connectivity index (χ3n) is 4.22. The molecule has 24 heavy (non-hydrogen) atoms. The first-order chi connectivity index (χ1) is 11.6. The van der Waals surface area contributed by atoms with Gasteiger partial charge in [-0.05, 0) is 25.0 Å². The quantitative estimate of drug-likeness (QED) is 0.901. The maximum Gasteiger partial charge on any atom is 0.255 e. The number of rotatable bonds is 4. The predicted octanol–water partition coefficient (Wildman–Crippen LogP) is 0.975. The molecule has 1 N–H and O–H groups in total. The van der Waals surface area contributed by atoms with Gasteiger partial charge in [-0.15, -0.1) is 0 Å². The average molecular weight is 327 g/mol. The molecule has 3 rings (SSSR count). The Morgan fingerprint density at radius 3 is 2.88 bits per heavy atom. The van der Waals surface area contributed by atoms with E-state index in [1.54, 1.807) is 48.9 Å². The van der Waals surface area contributed by atoms with E-state index in [-0.39, 0.29) is 12.5 Å². The summed E-state index contributed by atoms with van der Waals surface area (Å²) < 4.78 is 0. The van der Waals surface area contributed by atoms with Crippen LogP contribution in [0.4, 0.5) is 5.82 Å². The van der Waals surface area contributed by atoms with E-state index in [1.807, 2.05) is 4.90 Å². The molecular weight excluding hydrogens is 306 g/mol. The number of aromatic nitrogens is 3. The summed E-state index contributed by atoms with van der Waals surface area (Å²) in [6, 6.07) is 3.45. The van der Waals surface area contributed by atoms with E-state index in [0.717, 1.165) is 18.8 Å². The molecular formula is C17H21N5O2. The maximum atomic E-state index is 12.5. The number of likely N-dealkylation sites (N-methyl/N-ethyl adjacent to an activating group) is 1. The van der Waals surface area contributed by atoms with Crippen LogP contribution in [-0.4, -0.2) is 63.1 Å². The lowest BCUT2D eigenvalue weighted by Gasteiger charge is -2.41. The Morgan fingerprint density at radius 2 is 2.17 bits per heavy atom. The summed E-state index contributed by atoms with van der Waals surface area (Å²) in [6.07, 6.45) is 9.60. The van der Waals surface area contributed by atoms with E-state index < -0.39 is 5.60 Å². The molecule has 7 nitrogen and oxygen atoms in total. The van der Waals surface area contributed by atoms with Gasteiger partial charge < -0.3 is 14.9 Å². The van der Waals surface area contributed by atoms with Crippen LogP contribution < -0.4 is 4.90 Å². The molecule has 0 bridgehead atoms. The Morgan fingerprint density at radius 1 is 1.33 bits per heavy atom. The molecule has 2 aromatic heterocycles. The fraction of sp³-hybridized carbons (Fsp3) is 0.412. The summed E-state index contributed by atoms with van der Waals surface area (Å²) in [5.74, 6) is 0.602. The van der Waals surface area contributed by atoms with E-state index in [1.165, 1.54) is 6.20 Å². The summed E-state index contributed by atoms with van der Waals surface area (Å²) >= 11 is 0. The number of pyridine rings is 1. The number of carbonyl (C=O) groups excluding carboxylic acids is 1. The summed E-state index contributed by atoms with van der Waals surface area (Å²) in [6.45, 7) is 1.51. The van der Waals surface area contributed by atoms with Gasteiger partial charge in [0.25, 0.3) is 5.91 Å². The van der Waals surface area contributed by atoms with Crippen LogP contribution in [0.25, 0.3) is 0 Å². The number of nitrogens with zero attached hydrogens (tertiary/aromatic N) is 5. The van der Waals surface area contributed by atoms with E-state index in [4.69, 9.17) is 0 Å². The zero-order valence-corrected chi connectivity index (χ0v) is 13.7. The van der Waals surface area contributed by atoms with Gasteiger partial charge in [0.15, 0.2) is 0 Å². The number of hydrogen-bond acceptors (Lipinski definition) is 6. The van der Waals surface area contributed by atoms with Crippen LogP contribution in [0, 0.1) is 0 Å². The van der Waals surface area contributed by atoms with Gasteiger partial charge in [-0.25, -0.2) is 4.98 Å². The van der Waals surface area contributed by atoms with Crippen molar-refractivity contribution in [1.82, 2.24) is 19.9 Å². The molecule has 1 aliphatic heterocycles. The number of amides is 1. The second-order valence-electron chi connectivity index (χ2n) is 6.22. The average Bonchev–Trinajstić information content (AvgIpc) is 2.62. The molecule has 0 aromatic carbocycles. The van der Waals surface area contributed by atoms with Crippen LogP contribution in [0.3, 0.4) is 0 Å². The molecule has 1 fully saturated rings. The molecule has 2 aromatic rings. The van der Waals surface area contributed by atoms with Crippen molar-refractivity contribution in [2.75, 3.05) is 31.6 Å². The van der Waals surface area contributed by atoms with Crippen LogP contribution in [0.5, 0.6) is 0 Å². The Hall–Kier alpha value is -2.54. The zero-order valence-electron chi connectivity index (χ0n) is 13.7. The second-order valence-corrected chi connectivity index (χ2v) is 6.22. The monoisotopic (exact) mass is 327 g/mol. The molecule has 126 valence electrons. The highest BCUT2D eigenvalue weighted by Crippen LogP contribution is 2.25. The first-order valence-corrected chi connectivity index (χ1v) is 7.96. The van der Waals surface area contributed by atoms with Crippen molar-refractivity contribution >= 4 is 11.7 Å². The van der Waals surface area contributed by atoms with Crippen LogP contribution in [-0.2, 0) is 0 Å². The molecule has 1 atom stereocenters. The molecule has 0 spiro atoms. The molecule has 7 heteroatoms. The van der Waals surface area contributed by atoms with Crippen LogP contribution in [0.1, 0.15) is 23.2 Å². The highest BCUT2D eigenvalue weighted by Gasteiger charge is 2.36.